The van der Waals surface area contributed by atoms with Gasteiger partial charge in [0.25, 0.3) is 0 Å². The van der Waals surface area contributed by atoms with Crippen molar-refractivity contribution in [2.45, 2.75) is 43.9 Å². The third kappa shape index (κ3) is 5.74. The summed E-state index contributed by atoms with van der Waals surface area (Å²) in [5.41, 5.74) is -0.814. The highest BCUT2D eigenvalue weighted by Gasteiger charge is 2.56. The number of fused-ring (bicyclic) bond motifs is 2. The van der Waals surface area contributed by atoms with Crippen LogP contribution >= 0.6 is 0 Å². The van der Waals surface area contributed by atoms with E-state index in [0.717, 1.165) is 33.1 Å². The van der Waals surface area contributed by atoms with Crippen LogP contribution in [0.15, 0.2) is 79.0 Å². The number of methoxy groups -OCH3 is 1. The largest absolute Gasteiger partial charge is 0.496 e. The summed E-state index contributed by atoms with van der Waals surface area (Å²) in [5, 5.41) is 14.3. The number of aromatic nitrogens is 2. The second-order valence-corrected chi connectivity index (χ2v) is 12.2. The number of aliphatic hydroxyl groups is 1. The van der Waals surface area contributed by atoms with Crippen molar-refractivity contribution in [1.29, 1.82) is 0 Å². The number of hydrogen-bond acceptors (Lipinski definition) is 5. The smallest absolute Gasteiger partial charge is 0.417 e. The summed E-state index contributed by atoms with van der Waals surface area (Å²) in [6, 6.07) is 23.1. The number of pyridine rings is 1. The van der Waals surface area contributed by atoms with E-state index >= 15 is 0 Å². The SMILES string of the molecule is COc1ccc(-c2cccc3ccccc23)cc1C(C)(C)CC(O)(Cc1cc2cc(N3CCOCC3)ncc2[nH]1)C(F)(F)F. The summed E-state index contributed by atoms with van der Waals surface area (Å²) in [6.07, 6.45) is -4.47. The van der Waals surface area contributed by atoms with Gasteiger partial charge in [0.15, 0.2) is 5.60 Å². The van der Waals surface area contributed by atoms with Crippen molar-refractivity contribution in [2.75, 3.05) is 38.3 Å². The average molecular weight is 604 g/mol. The number of rotatable bonds is 8. The molecule has 3 heterocycles. The van der Waals surface area contributed by atoms with Crippen molar-refractivity contribution in [2.24, 2.45) is 0 Å². The van der Waals surface area contributed by atoms with Crippen molar-refractivity contribution >= 4 is 27.5 Å². The maximum absolute atomic E-state index is 14.8. The molecule has 0 spiro atoms. The number of ether oxygens (including phenoxy) is 2. The molecule has 0 amide bonds. The first-order chi connectivity index (χ1) is 21.0. The molecule has 2 aromatic heterocycles. The Kier molecular flexibility index (Phi) is 7.80. The second kappa shape index (κ2) is 11.4. The highest BCUT2D eigenvalue weighted by atomic mass is 19.4. The van der Waals surface area contributed by atoms with Crippen LogP contribution in [-0.2, 0) is 16.6 Å². The minimum Gasteiger partial charge on any atom is -0.496 e. The molecule has 6 rings (SSSR count). The lowest BCUT2D eigenvalue weighted by atomic mass is 9.72. The molecule has 1 aliphatic heterocycles. The van der Waals surface area contributed by atoms with Gasteiger partial charge in [-0.15, -0.1) is 0 Å². The Bertz CT molecular complexity index is 1790. The first-order valence-corrected chi connectivity index (χ1v) is 14.7. The lowest BCUT2D eigenvalue weighted by Gasteiger charge is -2.38. The van der Waals surface area contributed by atoms with Gasteiger partial charge in [0.05, 0.1) is 32.0 Å². The van der Waals surface area contributed by atoms with Crippen LogP contribution in [0.1, 0.15) is 31.5 Å². The Balaban J connectivity index is 1.33. The third-order valence-electron chi connectivity index (χ3n) is 8.66. The van der Waals surface area contributed by atoms with Crippen LogP contribution in [0, 0.1) is 0 Å². The van der Waals surface area contributed by atoms with Crippen LogP contribution in [0.25, 0.3) is 32.8 Å². The number of H-pyrrole nitrogens is 1. The van der Waals surface area contributed by atoms with E-state index in [1.165, 1.54) is 7.11 Å². The highest BCUT2D eigenvalue weighted by molar-refractivity contribution is 5.96. The van der Waals surface area contributed by atoms with Gasteiger partial charge < -0.3 is 24.5 Å². The zero-order chi connectivity index (χ0) is 31.1. The number of morpholine rings is 1. The topological polar surface area (TPSA) is 70.6 Å². The molecule has 0 aliphatic carbocycles. The van der Waals surface area contributed by atoms with E-state index in [-0.39, 0.29) is 5.69 Å². The number of nitrogens with zero attached hydrogens (tertiary/aromatic N) is 2. The predicted molar refractivity (Wildman–Crippen MR) is 167 cm³/mol. The summed E-state index contributed by atoms with van der Waals surface area (Å²) in [7, 11) is 1.51. The molecule has 1 unspecified atom stereocenters. The average Bonchev–Trinajstić information content (AvgIpc) is 3.41. The highest BCUT2D eigenvalue weighted by Crippen LogP contribution is 2.46. The zero-order valence-electron chi connectivity index (χ0n) is 25.0. The molecule has 6 nitrogen and oxygen atoms in total. The number of benzene rings is 3. The molecular weight excluding hydrogens is 567 g/mol. The van der Waals surface area contributed by atoms with Crippen LogP contribution in [0.5, 0.6) is 5.75 Å². The maximum Gasteiger partial charge on any atom is 0.417 e. The Hall–Kier alpha value is -4.08. The summed E-state index contributed by atoms with van der Waals surface area (Å²) >= 11 is 0. The van der Waals surface area contributed by atoms with E-state index in [4.69, 9.17) is 9.47 Å². The number of hydrogen-bond donors (Lipinski definition) is 2. The first-order valence-electron chi connectivity index (χ1n) is 14.7. The van der Waals surface area contributed by atoms with Crippen molar-refractivity contribution < 1.29 is 27.8 Å². The van der Waals surface area contributed by atoms with E-state index in [0.29, 0.717) is 43.1 Å². The molecule has 1 fully saturated rings. The normalized spacial score (nSPS) is 15.9. The molecule has 230 valence electrons. The molecule has 0 radical (unpaired) electrons. The lowest BCUT2D eigenvalue weighted by molar-refractivity contribution is -0.266. The Morgan fingerprint density at radius 2 is 1.70 bits per heavy atom. The number of anilines is 1. The quantitative estimate of drug-likeness (QED) is 0.193. The van der Waals surface area contributed by atoms with Crippen LogP contribution < -0.4 is 9.64 Å². The van der Waals surface area contributed by atoms with Gasteiger partial charge >= 0.3 is 6.18 Å². The molecule has 44 heavy (non-hydrogen) atoms. The van der Waals surface area contributed by atoms with E-state index in [9.17, 15) is 18.3 Å². The number of aromatic amines is 1. The predicted octanol–water partition coefficient (Wildman–Crippen LogP) is 7.43. The Morgan fingerprint density at radius 3 is 2.45 bits per heavy atom. The number of nitrogens with one attached hydrogen (secondary N) is 1. The molecule has 1 aliphatic rings. The van der Waals surface area contributed by atoms with Gasteiger partial charge in [-0.2, -0.15) is 13.2 Å². The van der Waals surface area contributed by atoms with Crippen molar-refractivity contribution in [3.63, 3.8) is 0 Å². The van der Waals surface area contributed by atoms with Gasteiger partial charge in [-0.05, 0) is 58.0 Å². The van der Waals surface area contributed by atoms with Gasteiger partial charge in [-0.25, -0.2) is 4.98 Å². The van der Waals surface area contributed by atoms with E-state index in [1.807, 2.05) is 60.7 Å². The van der Waals surface area contributed by atoms with Crippen molar-refractivity contribution in [3.8, 4) is 16.9 Å². The van der Waals surface area contributed by atoms with Gasteiger partial charge in [-0.1, -0.05) is 62.4 Å². The molecule has 0 bridgehead atoms. The van der Waals surface area contributed by atoms with Crippen LogP contribution in [0.2, 0.25) is 0 Å². The fraction of sp³-hybridized carbons (Fsp3) is 0.343. The van der Waals surface area contributed by atoms with Crippen LogP contribution in [-0.4, -0.2) is 60.3 Å². The van der Waals surface area contributed by atoms with Crippen molar-refractivity contribution in [1.82, 2.24) is 9.97 Å². The van der Waals surface area contributed by atoms with Crippen LogP contribution in [0.3, 0.4) is 0 Å². The Labute approximate surface area is 254 Å². The third-order valence-corrected chi connectivity index (χ3v) is 8.66. The van der Waals surface area contributed by atoms with E-state index < -0.39 is 30.0 Å². The standard InChI is InChI=1S/C35H36F3N3O3/c1-33(2,29-18-24(11-12-31(29)43-3)28-10-6-8-23-7-4-5-9-27(23)28)22-34(42,35(36,37)38)20-26-17-25-19-32(39-21-30(25)40-26)41-13-15-44-16-14-41/h4-12,17-19,21,40,42H,13-16,20,22H2,1-3H3. The first kappa shape index (κ1) is 30.0. The Morgan fingerprint density at radius 1 is 0.955 bits per heavy atom. The minimum absolute atomic E-state index is 0.285. The maximum atomic E-state index is 14.8. The summed E-state index contributed by atoms with van der Waals surface area (Å²) in [4.78, 5) is 9.65. The van der Waals surface area contributed by atoms with E-state index in [2.05, 4.69) is 14.9 Å². The molecule has 2 N–H and O–H groups in total. The lowest BCUT2D eigenvalue weighted by Crippen LogP contribution is -2.51. The molecule has 5 aromatic rings. The summed E-state index contributed by atoms with van der Waals surface area (Å²) < 4.78 is 55.4. The molecular formula is C35H36F3N3O3. The van der Waals surface area contributed by atoms with Gasteiger partial charge in [0.1, 0.15) is 11.6 Å². The number of alkyl halides is 3. The molecule has 3 aromatic carbocycles. The molecule has 1 saturated heterocycles. The van der Waals surface area contributed by atoms with Gasteiger partial charge in [-0.3, -0.25) is 0 Å². The molecule has 0 saturated carbocycles. The molecule has 9 heteroatoms. The van der Waals surface area contributed by atoms with Gasteiger partial charge in [0.2, 0.25) is 0 Å². The van der Waals surface area contributed by atoms with E-state index in [1.54, 1.807) is 32.2 Å². The molecule has 1 atom stereocenters. The number of halogens is 3. The summed E-state index contributed by atoms with van der Waals surface area (Å²) in [6.45, 7) is 6.04. The minimum atomic E-state index is -4.89. The van der Waals surface area contributed by atoms with Gasteiger partial charge in [0, 0.05) is 36.2 Å². The monoisotopic (exact) mass is 603 g/mol. The van der Waals surface area contributed by atoms with Crippen LogP contribution in [0.4, 0.5) is 19.0 Å². The second-order valence-electron chi connectivity index (χ2n) is 12.2. The van der Waals surface area contributed by atoms with Crippen molar-refractivity contribution in [3.05, 3.63) is 90.3 Å². The fourth-order valence-electron chi connectivity index (χ4n) is 6.43. The summed E-state index contributed by atoms with van der Waals surface area (Å²) in [5.74, 6) is 1.22. The zero-order valence-corrected chi connectivity index (χ0v) is 25.0. The fourth-order valence-corrected chi connectivity index (χ4v) is 6.43.